The number of aryl methyl sites for hydroxylation is 1. The van der Waals surface area contributed by atoms with Crippen LogP contribution in [0.25, 0.3) is 22.4 Å². The molecular weight excluding hydrogens is 407 g/mol. The van der Waals surface area contributed by atoms with Crippen LogP contribution in [0.15, 0.2) is 35.5 Å². The minimum absolute atomic E-state index is 0.0162. The molecule has 0 amide bonds. The summed E-state index contributed by atoms with van der Waals surface area (Å²) >= 11 is 0. The fraction of sp³-hybridized carbons (Fsp3) is 0.417. The number of hydrogen-bond donors (Lipinski definition) is 1. The van der Waals surface area contributed by atoms with Crippen LogP contribution in [0.1, 0.15) is 37.8 Å². The first-order valence-electron chi connectivity index (χ1n) is 11.4. The van der Waals surface area contributed by atoms with Crippen LogP contribution in [-0.2, 0) is 13.0 Å². The van der Waals surface area contributed by atoms with Gasteiger partial charge in [-0.3, -0.25) is 9.67 Å². The Labute approximate surface area is 185 Å². The van der Waals surface area contributed by atoms with E-state index in [0.29, 0.717) is 22.9 Å². The van der Waals surface area contributed by atoms with Crippen molar-refractivity contribution in [2.75, 3.05) is 18.0 Å². The second-order valence-corrected chi connectivity index (χ2v) is 8.91. The molecule has 4 heterocycles. The molecule has 0 radical (unpaired) electrons. The topological polar surface area (TPSA) is 79.4 Å². The zero-order chi connectivity index (χ0) is 21.7. The molecule has 2 aliphatic heterocycles. The lowest BCUT2D eigenvalue weighted by molar-refractivity contribution is 0.420. The van der Waals surface area contributed by atoms with E-state index in [1.165, 1.54) is 37.1 Å². The number of aromatic nitrogens is 4. The van der Waals surface area contributed by atoms with E-state index in [1.54, 1.807) is 12.3 Å². The highest BCUT2D eigenvalue weighted by Gasteiger charge is 2.24. The van der Waals surface area contributed by atoms with Crippen molar-refractivity contribution in [3.05, 3.63) is 42.0 Å². The van der Waals surface area contributed by atoms with Crippen LogP contribution in [0.4, 0.5) is 10.2 Å². The third-order valence-electron chi connectivity index (χ3n) is 6.84. The summed E-state index contributed by atoms with van der Waals surface area (Å²) in [6, 6.07) is 7.00. The standard InChI is InChI=1S/C24H25FN6O/c25-20-11-18(23(32)12-17(20)19-13-26-31-9-2-5-22(19)31)21-6-7-24(29-28-21)30-10-8-16(14-30)27-15-3-1-4-15/h6-7,11-13,15,32H,1-5,8-10,14H2. The van der Waals surface area contributed by atoms with E-state index in [9.17, 15) is 5.11 Å². The Bertz CT molecular complexity index is 1200. The van der Waals surface area contributed by atoms with Gasteiger partial charge >= 0.3 is 0 Å². The molecule has 7 nitrogen and oxygen atoms in total. The zero-order valence-electron chi connectivity index (χ0n) is 17.8. The van der Waals surface area contributed by atoms with Gasteiger partial charge in [0.2, 0.25) is 0 Å². The molecule has 3 aliphatic rings. The lowest BCUT2D eigenvalue weighted by Gasteiger charge is -2.21. The molecule has 1 aliphatic carbocycles. The second kappa shape index (κ2) is 7.69. The fourth-order valence-corrected chi connectivity index (χ4v) is 4.82. The van der Waals surface area contributed by atoms with E-state index < -0.39 is 5.82 Å². The third-order valence-corrected chi connectivity index (χ3v) is 6.84. The molecule has 8 heteroatoms. The number of aromatic hydroxyl groups is 1. The van der Waals surface area contributed by atoms with Crippen molar-refractivity contribution in [1.82, 2.24) is 20.0 Å². The summed E-state index contributed by atoms with van der Waals surface area (Å²) in [6.45, 7) is 2.52. The van der Waals surface area contributed by atoms with Crippen LogP contribution in [-0.4, -0.2) is 49.9 Å². The van der Waals surface area contributed by atoms with Crippen molar-refractivity contribution in [2.45, 2.75) is 51.1 Å². The van der Waals surface area contributed by atoms with E-state index in [1.807, 2.05) is 10.7 Å². The van der Waals surface area contributed by atoms with Gasteiger partial charge in [-0.25, -0.2) is 4.39 Å². The van der Waals surface area contributed by atoms with Crippen molar-refractivity contribution in [3.8, 4) is 28.1 Å². The zero-order valence-corrected chi connectivity index (χ0v) is 17.8. The van der Waals surface area contributed by atoms with Gasteiger partial charge in [0, 0.05) is 53.6 Å². The first-order chi connectivity index (χ1) is 15.7. The Morgan fingerprint density at radius 3 is 2.69 bits per heavy atom. The fourth-order valence-electron chi connectivity index (χ4n) is 4.82. The van der Waals surface area contributed by atoms with Gasteiger partial charge in [0.25, 0.3) is 0 Å². The second-order valence-electron chi connectivity index (χ2n) is 8.91. The van der Waals surface area contributed by atoms with Crippen LogP contribution < -0.4 is 4.90 Å². The normalized spacial score (nSPS) is 19.5. The Balaban J connectivity index is 1.23. The monoisotopic (exact) mass is 432 g/mol. The van der Waals surface area contributed by atoms with Crippen molar-refractivity contribution >= 4 is 11.5 Å². The number of aliphatic imine (C=N–C) groups is 1. The largest absolute Gasteiger partial charge is 0.507 e. The van der Waals surface area contributed by atoms with Crippen molar-refractivity contribution < 1.29 is 9.50 Å². The molecule has 1 saturated heterocycles. The maximum absolute atomic E-state index is 15.0. The highest BCUT2D eigenvalue weighted by Crippen LogP contribution is 2.37. The number of anilines is 1. The molecule has 1 aromatic carbocycles. The summed E-state index contributed by atoms with van der Waals surface area (Å²) in [6.07, 6.45) is 8.23. The van der Waals surface area contributed by atoms with Gasteiger partial charge in [-0.05, 0) is 56.4 Å². The summed E-state index contributed by atoms with van der Waals surface area (Å²) in [5.41, 5.74) is 4.15. The quantitative estimate of drug-likeness (QED) is 0.674. The highest BCUT2D eigenvalue weighted by molar-refractivity contribution is 5.92. The molecule has 164 valence electrons. The molecule has 32 heavy (non-hydrogen) atoms. The predicted molar refractivity (Wildman–Crippen MR) is 121 cm³/mol. The van der Waals surface area contributed by atoms with Gasteiger partial charge in [0.05, 0.1) is 18.4 Å². The third kappa shape index (κ3) is 3.34. The van der Waals surface area contributed by atoms with E-state index in [0.717, 1.165) is 56.0 Å². The van der Waals surface area contributed by atoms with Gasteiger partial charge < -0.3 is 10.0 Å². The number of rotatable bonds is 4. The maximum Gasteiger partial charge on any atom is 0.151 e. The van der Waals surface area contributed by atoms with Crippen LogP contribution in [0, 0.1) is 5.82 Å². The molecule has 6 rings (SSSR count). The average molecular weight is 433 g/mol. The lowest BCUT2D eigenvalue weighted by atomic mass is 9.94. The van der Waals surface area contributed by atoms with Crippen molar-refractivity contribution in [2.24, 2.45) is 4.99 Å². The Kier molecular flexibility index (Phi) is 4.66. The van der Waals surface area contributed by atoms with Gasteiger partial charge in [-0.2, -0.15) is 5.10 Å². The smallest absolute Gasteiger partial charge is 0.151 e. The molecule has 1 N–H and O–H groups in total. The van der Waals surface area contributed by atoms with Crippen LogP contribution in [0.5, 0.6) is 5.75 Å². The van der Waals surface area contributed by atoms with Gasteiger partial charge in [0.1, 0.15) is 11.6 Å². The average Bonchev–Trinajstić information content (AvgIpc) is 3.50. The summed E-state index contributed by atoms with van der Waals surface area (Å²) in [5.74, 6) is 0.361. The lowest BCUT2D eigenvalue weighted by Crippen LogP contribution is -2.23. The van der Waals surface area contributed by atoms with E-state index in [-0.39, 0.29) is 5.75 Å². The molecule has 0 bridgehead atoms. The summed E-state index contributed by atoms with van der Waals surface area (Å²) in [7, 11) is 0. The Morgan fingerprint density at radius 1 is 1.00 bits per heavy atom. The van der Waals surface area contributed by atoms with Crippen molar-refractivity contribution in [3.63, 3.8) is 0 Å². The summed E-state index contributed by atoms with van der Waals surface area (Å²) in [5, 5.41) is 23.6. The SMILES string of the molecule is Oc1cc(-c2cnn3c2CCC3)c(F)cc1-c1ccc(N2CCC(=NC3CCC3)C2)nn1. The molecule has 3 aromatic rings. The first-order valence-corrected chi connectivity index (χ1v) is 11.4. The van der Waals surface area contributed by atoms with E-state index in [2.05, 4.69) is 20.2 Å². The summed E-state index contributed by atoms with van der Waals surface area (Å²) in [4.78, 5) is 7.01. The minimum atomic E-state index is -0.400. The van der Waals surface area contributed by atoms with E-state index in [4.69, 9.17) is 4.99 Å². The van der Waals surface area contributed by atoms with Crippen LogP contribution in [0.3, 0.4) is 0 Å². The number of phenolic OH excluding ortho intramolecular Hbond substituents is 1. The maximum atomic E-state index is 15.0. The molecule has 2 fully saturated rings. The minimum Gasteiger partial charge on any atom is -0.507 e. The predicted octanol–water partition coefficient (Wildman–Crippen LogP) is 4.00. The number of halogens is 1. The van der Waals surface area contributed by atoms with Gasteiger partial charge in [-0.1, -0.05) is 0 Å². The Hall–Kier alpha value is -3.29. The first kappa shape index (κ1) is 19.4. The van der Waals surface area contributed by atoms with Gasteiger partial charge in [-0.15, -0.1) is 10.2 Å². The molecule has 0 atom stereocenters. The molecule has 0 unspecified atom stereocenters. The van der Waals surface area contributed by atoms with Gasteiger partial charge in [0.15, 0.2) is 5.82 Å². The van der Waals surface area contributed by atoms with E-state index >= 15 is 4.39 Å². The number of hydrogen-bond acceptors (Lipinski definition) is 6. The highest BCUT2D eigenvalue weighted by atomic mass is 19.1. The number of benzene rings is 1. The number of fused-ring (bicyclic) bond motifs is 1. The molecule has 2 aromatic heterocycles. The van der Waals surface area contributed by atoms with Crippen LogP contribution >= 0.6 is 0 Å². The number of nitrogens with zero attached hydrogens (tertiary/aromatic N) is 6. The molecule has 1 saturated carbocycles. The van der Waals surface area contributed by atoms with Crippen molar-refractivity contribution in [1.29, 1.82) is 0 Å². The molecular formula is C24H25FN6O. The molecule has 0 spiro atoms. The summed E-state index contributed by atoms with van der Waals surface area (Å²) < 4.78 is 16.9. The Morgan fingerprint density at radius 2 is 1.91 bits per heavy atom. The van der Waals surface area contributed by atoms with Crippen LogP contribution in [0.2, 0.25) is 0 Å². The number of phenols is 1.